The number of hydrogen-bond donors (Lipinski definition) is 1. The molecule has 1 aliphatic heterocycles. The molecule has 0 aliphatic carbocycles. The molecule has 1 aliphatic rings. The van der Waals surface area contributed by atoms with Crippen molar-refractivity contribution in [1.82, 2.24) is 4.90 Å². The topological polar surface area (TPSA) is 29.3 Å². The second kappa shape index (κ2) is 4.07. The van der Waals surface area contributed by atoms with Crippen molar-refractivity contribution in [2.24, 2.45) is 5.73 Å². The molecule has 0 saturated carbocycles. The van der Waals surface area contributed by atoms with Crippen LogP contribution in [0.3, 0.4) is 0 Å². The van der Waals surface area contributed by atoms with Crippen molar-refractivity contribution in [1.29, 1.82) is 0 Å². The van der Waals surface area contributed by atoms with Gasteiger partial charge in [-0.3, -0.25) is 4.90 Å². The standard InChI is InChI=1S/C9H20N2/c1-3-9-6-5-8(10)7-11(9)4-2/h8-9H,3-7,10H2,1-2H3/t8-,9+/m0/s1. The molecule has 2 nitrogen and oxygen atoms in total. The van der Waals surface area contributed by atoms with Gasteiger partial charge in [0.25, 0.3) is 0 Å². The number of nitrogens with zero attached hydrogens (tertiary/aromatic N) is 1. The summed E-state index contributed by atoms with van der Waals surface area (Å²) in [6.45, 7) is 6.76. The summed E-state index contributed by atoms with van der Waals surface area (Å²) in [5, 5.41) is 0. The quantitative estimate of drug-likeness (QED) is 0.651. The van der Waals surface area contributed by atoms with Crippen LogP contribution in [0.4, 0.5) is 0 Å². The second-order valence-electron chi connectivity index (χ2n) is 3.49. The summed E-state index contributed by atoms with van der Waals surface area (Å²) in [7, 11) is 0. The van der Waals surface area contributed by atoms with Gasteiger partial charge in [0.15, 0.2) is 0 Å². The van der Waals surface area contributed by atoms with Gasteiger partial charge < -0.3 is 5.73 Å². The van der Waals surface area contributed by atoms with Gasteiger partial charge in [-0.2, -0.15) is 0 Å². The highest BCUT2D eigenvalue weighted by Crippen LogP contribution is 2.17. The molecular formula is C9H20N2. The van der Waals surface area contributed by atoms with E-state index in [1.165, 1.54) is 19.3 Å². The van der Waals surface area contributed by atoms with Crippen LogP contribution in [0.2, 0.25) is 0 Å². The molecule has 0 aromatic carbocycles. The van der Waals surface area contributed by atoms with Gasteiger partial charge >= 0.3 is 0 Å². The van der Waals surface area contributed by atoms with E-state index >= 15 is 0 Å². The highest BCUT2D eigenvalue weighted by Gasteiger charge is 2.23. The highest BCUT2D eigenvalue weighted by atomic mass is 15.2. The Balaban J connectivity index is 2.41. The molecule has 1 heterocycles. The van der Waals surface area contributed by atoms with Gasteiger partial charge in [-0.25, -0.2) is 0 Å². The molecule has 0 aromatic heterocycles. The third-order valence-corrected chi connectivity index (χ3v) is 2.73. The Morgan fingerprint density at radius 3 is 2.64 bits per heavy atom. The fourth-order valence-corrected chi connectivity index (χ4v) is 1.98. The van der Waals surface area contributed by atoms with Gasteiger partial charge in [-0.1, -0.05) is 13.8 Å². The Labute approximate surface area is 69.8 Å². The first-order valence-electron chi connectivity index (χ1n) is 4.77. The van der Waals surface area contributed by atoms with E-state index in [1.54, 1.807) is 0 Å². The van der Waals surface area contributed by atoms with Crippen LogP contribution in [0.5, 0.6) is 0 Å². The van der Waals surface area contributed by atoms with Gasteiger partial charge in [-0.15, -0.1) is 0 Å². The van der Waals surface area contributed by atoms with Gasteiger partial charge in [0.1, 0.15) is 0 Å². The lowest BCUT2D eigenvalue weighted by molar-refractivity contribution is 0.137. The molecule has 66 valence electrons. The third kappa shape index (κ3) is 2.17. The molecule has 0 aromatic rings. The third-order valence-electron chi connectivity index (χ3n) is 2.73. The van der Waals surface area contributed by atoms with Crippen molar-refractivity contribution in [2.75, 3.05) is 13.1 Å². The molecule has 1 saturated heterocycles. The smallest absolute Gasteiger partial charge is 0.0168 e. The lowest BCUT2D eigenvalue weighted by Crippen LogP contribution is -2.48. The maximum atomic E-state index is 5.88. The fraction of sp³-hybridized carbons (Fsp3) is 1.00. The van der Waals surface area contributed by atoms with Crippen LogP contribution < -0.4 is 5.73 Å². The lowest BCUT2D eigenvalue weighted by Gasteiger charge is -2.37. The first-order chi connectivity index (χ1) is 5.27. The molecule has 0 spiro atoms. The number of hydrogen-bond acceptors (Lipinski definition) is 2. The average Bonchev–Trinajstić information content (AvgIpc) is 2.04. The van der Waals surface area contributed by atoms with E-state index in [0.29, 0.717) is 6.04 Å². The molecule has 2 atom stereocenters. The SMILES string of the molecule is CC[C@@H]1CC[C@H](N)CN1CC. The van der Waals surface area contributed by atoms with Crippen LogP contribution in [0.1, 0.15) is 33.1 Å². The maximum absolute atomic E-state index is 5.88. The Kier molecular flexibility index (Phi) is 3.34. The van der Waals surface area contributed by atoms with E-state index in [4.69, 9.17) is 5.73 Å². The maximum Gasteiger partial charge on any atom is 0.0168 e. The Morgan fingerprint density at radius 1 is 1.36 bits per heavy atom. The van der Waals surface area contributed by atoms with Crippen molar-refractivity contribution in [3.8, 4) is 0 Å². The van der Waals surface area contributed by atoms with E-state index < -0.39 is 0 Å². The molecular weight excluding hydrogens is 136 g/mol. The van der Waals surface area contributed by atoms with Crippen LogP contribution in [0.25, 0.3) is 0 Å². The number of nitrogens with two attached hydrogens (primary N) is 1. The molecule has 0 radical (unpaired) electrons. The number of piperidine rings is 1. The van der Waals surface area contributed by atoms with Gasteiger partial charge in [0.05, 0.1) is 0 Å². The minimum Gasteiger partial charge on any atom is -0.327 e. The van der Waals surface area contributed by atoms with Gasteiger partial charge in [-0.05, 0) is 25.8 Å². The zero-order valence-corrected chi connectivity index (χ0v) is 7.71. The van der Waals surface area contributed by atoms with Crippen LogP contribution in [-0.2, 0) is 0 Å². The molecule has 0 amide bonds. The Morgan fingerprint density at radius 2 is 2.09 bits per heavy atom. The molecule has 2 N–H and O–H groups in total. The van der Waals surface area contributed by atoms with Gasteiger partial charge in [0.2, 0.25) is 0 Å². The summed E-state index contributed by atoms with van der Waals surface area (Å²) in [4.78, 5) is 2.51. The van der Waals surface area contributed by atoms with Crippen LogP contribution in [-0.4, -0.2) is 30.1 Å². The van der Waals surface area contributed by atoms with Crippen LogP contribution >= 0.6 is 0 Å². The van der Waals surface area contributed by atoms with Crippen LogP contribution in [0, 0.1) is 0 Å². The molecule has 0 bridgehead atoms. The van der Waals surface area contributed by atoms with Crippen molar-refractivity contribution >= 4 is 0 Å². The van der Waals surface area contributed by atoms with Crippen molar-refractivity contribution < 1.29 is 0 Å². The predicted molar refractivity (Wildman–Crippen MR) is 48.5 cm³/mol. The molecule has 1 rings (SSSR count). The van der Waals surface area contributed by atoms with E-state index in [1.807, 2.05) is 0 Å². The Hall–Kier alpha value is -0.0800. The predicted octanol–water partition coefficient (Wildman–Crippen LogP) is 1.21. The first kappa shape index (κ1) is 9.01. The normalized spacial score (nSPS) is 34.1. The average molecular weight is 156 g/mol. The van der Waals surface area contributed by atoms with E-state index in [2.05, 4.69) is 18.7 Å². The highest BCUT2D eigenvalue weighted by molar-refractivity contribution is 4.81. The van der Waals surface area contributed by atoms with Crippen molar-refractivity contribution in [2.45, 2.75) is 45.2 Å². The Bertz CT molecular complexity index is 114. The summed E-state index contributed by atoms with van der Waals surface area (Å²) in [5.74, 6) is 0. The van der Waals surface area contributed by atoms with E-state index in [0.717, 1.165) is 19.1 Å². The molecule has 11 heavy (non-hydrogen) atoms. The lowest BCUT2D eigenvalue weighted by atomic mass is 9.97. The number of likely N-dealkylation sites (N-methyl/N-ethyl adjacent to an activating group) is 1. The second-order valence-corrected chi connectivity index (χ2v) is 3.49. The van der Waals surface area contributed by atoms with Crippen molar-refractivity contribution in [3.05, 3.63) is 0 Å². The monoisotopic (exact) mass is 156 g/mol. The molecule has 1 fully saturated rings. The zero-order chi connectivity index (χ0) is 8.27. The summed E-state index contributed by atoms with van der Waals surface area (Å²) in [6, 6.07) is 1.23. The number of likely N-dealkylation sites (tertiary alicyclic amines) is 1. The van der Waals surface area contributed by atoms with Crippen molar-refractivity contribution in [3.63, 3.8) is 0 Å². The summed E-state index contributed by atoms with van der Waals surface area (Å²) in [5.41, 5.74) is 5.88. The first-order valence-corrected chi connectivity index (χ1v) is 4.77. The summed E-state index contributed by atoms with van der Waals surface area (Å²) >= 11 is 0. The summed E-state index contributed by atoms with van der Waals surface area (Å²) in [6.07, 6.45) is 3.79. The minimum absolute atomic E-state index is 0.428. The molecule has 0 unspecified atom stereocenters. The zero-order valence-electron chi connectivity index (χ0n) is 7.71. The van der Waals surface area contributed by atoms with Crippen LogP contribution in [0.15, 0.2) is 0 Å². The fourth-order valence-electron chi connectivity index (χ4n) is 1.98. The minimum atomic E-state index is 0.428. The number of rotatable bonds is 2. The van der Waals surface area contributed by atoms with E-state index in [9.17, 15) is 0 Å². The van der Waals surface area contributed by atoms with E-state index in [-0.39, 0.29) is 0 Å². The van der Waals surface area contributed by atoms with Gasteiger partial charge in [0, 0.05) is 18.6 Å². The summed E-state index contributed by atoms with van der Waals surface area (Å²) < 4.78 is 0. The molecule has 2 heteroatoms. The largest absolute Gasteiger partial charge is 0.327 e.